The van der Waals surface area contributed by atoms with Crippen LogP contribution in [-0.4, -0.2) is 36.1 Å². The summed E-state index contributed by atoms with van der Waals surface area (Å²) >= 11 is 0. The van der Waals surface area contributed by atoms with Gasteiger partial charge in [-0.25, -0.2) is 14.8 Å². The molecular formula is C13H12N2O4. The van der Waals surface area contributed by atoms with E-state index in [4.69, 9.17) is 0 Å². The van der Waals surface area contributed by atoms with Crippen LogP contribution in [0.25, 0.3) is 11.0 Å². The molecule has 0 saturated heterocycles. The lowest BCUT2D eigenvalue weighted by molar-refractivity contribution is -0.139. The summed E-state index contributed by atoms with van der Waals surface area (Å²) < 4.78 is 9.22. The molecule has 0 radical (unpaired) electrons. The molecular weight excluding hydrogens is 248 g/mol. The van der Waals surface area contributed by atoms with Gasteiger partial charge in [0.1, 0.15) is 0 Å². The van der Waals surface area contributed by atoms with E-state index in [1.807, 2.05) is 0 Å². The van der Waals surface area contributed by atoms with Crippen LogP contribution in [0.2, 0.25) is 0 Å². The SMILES string of the molecule is COC(=O)Cc1nc2ccccc2nc1C(=O)OC. The Morgan fingerprint density at radius 3 is 2.26 bits per heavy atom. The van der Waals surface area contributed by atoms with E-state index in [0.29, 0.717) is 11.0 Å². The number of nitrogens with zero attached hydrogens (tertiary/aromatic N) is 2. The second-order valence-electron chi connectivity index (χ2n) is 3.75. The maximum Gasteiger partial charge on any atom is 0.358 e. The number of methoxy groups -OCH3 is 2. The van der Waals surface area contributed by atoms with Crippen LogP contribution in [-0.2, 0) is 20.7 Å². The van der Waals surface area contributed by atoms with Gasteiger partial charge in [0, 0.05) is 0 Å². The third kappa shape index (κ3) is 2.67. The molecule has 0 spiro atoms. The van der Waals surface area contributed by atoms with E-state index in [1.165, 1.54) is 14.2 Å². The van der Waals surface area contributed by atoms with Gasteiger partial charge in [0.2, 0.25) is 0 Å². The molecule has 0 bridgehead atoms. The van der Waals surface area contributed by atoms with E-state index in [2.05, 4.69) is 19.4 Å². The molecule has 0 aliphatic rings. The van der Waals surface area contributed by atoms with Crippen LogP contribution in [0.1, 0.15) is 16.2 Å². The maximum atomic E-state index is 11.7. The molecule has 0 saturated carbocycles. The molecule has 6 heteroatoms. The summed E-state index contributed by atoms with van der Waals surface area (Å²) in [5.74, 6) is -1.12. The molecule has 6 nitrogen and oxygen atoms in total. The Bertz CT molecular complexity index is 640. The molecule has 2 aromatic rings. The van der Waals surface area contributed by atoms with Gasteiger partial charge in [-0.1, -0.05) is 12.1 Å². The monoisotopic (exact) mass is 260 g/mol. The third-order valence-electron chi connectivity index (χ3n) is 2.56. The lowest BCUT2D eigenvalue weighted by Gasteiger charge is -2.07. The molecule has 0 unspecified atom stereocenters. The van der Waals surface area contributed by atoms with E-state index >= 15 is 0 Å². The van der Waals surface area contributed by atoms with Crippen molar-refractivity contribution >= 4 is 23.0 Å². The summed E-state index contributed by atoms with van der Waals surface area (Å²) in [6.07, 6.45) is -0.126. The van der Waals surface area contributed by atoms with E-state index in [0.717, 1.165) is 0 Å². The van der Waals surface area contributed by atoms with E-state index in [1.54, 1.807) is 24.3 Å². The highest BCUT2D eigenvalue weighted by Gasteiger charge is 2.19. The van der Waals surface area contributed by atoms with E-state index in [-0.39, 0.29) is 17.8 Å². The standard InChI is InChI=1S/C13H12N2O4/c1-18-11(16)7-10-12(13(17)19-2)15-9-6-4-3-5-8(9)14-10/h3-6H,7H2,1-2H3. The largest absolute Gasteiger partial charge is 0.469 e. The Balaban J connectivity index is 2.57. The topological polar surface area (TPSA) is 78.4 Å². The predicted octanol–water partition coefficient (Wildman–Crippen LogP) is 1.13. The van der Waals surface area contributed by atoms with Crippen molar-refractivity contribution in [2.45, 2.75) is 6.42 Å². The number of benzene rings is 1. The summed E-state index contributed by atoms with van der Waals surface area (Å²) in [5, 5.41) is 0. The molecule has 0 fully saturated rings. The number of esters is 2. The predicted molar refractivity (Wildman–Crippen MR) is 66.6 cm³/mol. The molecule has 0 aliphatic carbocycles. The minimum atomic E-state index is -0.628. The van der Waals surface area contributed by atoms with Crippen molar-refractivity contribution in [1.29, 1.82) is 0 Å². The van der Waals surface area contributed by atoms with Gasteiger partial charge in [0.15, 0.2) is 5.69 Å². The Morgan fingerprint density at radius 1 is 1.05 bits per heavy atom. The van der Waals surface area contributed by atoms with Gasteiger partial charge in [-0.15, -0.1) is 0 Å². The minimum absolute atomic E-state index is 0.0339. The van der Waals surface area contributed by atoms with Crippen LogP contribution in [0, 0.1) is 0 Å². The van der Waals surface area contributed by atoms with Gasteiger partial charge in [-0.3, -0.25) is 4.79 Å². The Morgan fingerprint density at radius 2 is 1.68 bits per heavy atom. The van der Waals surface area contributed by atoms with Crippen molar-refractivity contribution in [3.8, 4) is 0 Å². The number of aromatic nitrogens is 2. The molecule has 2 rings (SSSR count). The highest BCUT2D eigenvalue weighted by Crippen LogP contribution is 2.14. The Kier molecular flexibility index (Phi) is 3.70. The molecule has 1 aromatic carbocycles. The first-order chi connectivity index (χ1) is 9.15. The van der Waals surface area contributed by atoms with Crippen molar-refractivity contribution in [3.05, 3.63) is 35.7 Å². The Hall–Kier alpha value is -2.50. The van der Waals surface area contributed by atoms with Crippen molar-refractivity contribution in [3.63, 3.8) is 0 Å². The number of hydrogen-bond acceptors (Lipinski definition) is 6. The summed E-state index contributed by atoms with van der Waals surface area (Å²) in [6.45, 7) is 0. The number of rotatable bonds is 3. The number of ether oxygens (including phenoxy) is 2. The molecule has 1 aromatic heterocycles. The summed E-state index contributed by atoms with van der Waals surface area (Å²) in [6, 6.07) is 7.08. The first-order valence-electron chi connectivity index (χ1n) is 5.56. The van der Waals surface area contributed by atoms with Crippen molar-refractivity contribution in [2.24, 2.45) is 0 Å². The van der Waals surface area contributed by atoms with Crippen molar-refractivity contribution in [2.75, 3.05) is 14.2 Å². The summed E-state index contributed by atoms with van der Waals surface area (Å²) in [5.41, 5.74) is 1.45. The fourth-order valence-electron chi connectivity index (χ4n) is 1.63. The zero-order valence-corrected chi connectivity index (χ0v) is 10.5. The number of fused-ring (bicyclic) bond motifs is 1. The van der Waals surface area contributed by atoms with Crippen LogP contribution in [0.4, 0.5) is 0 Å². The van der Waals surface area contributed by atoms with Gasteiger partial charge < -0.3 is 9.47 Å². The lowest BCUT2D eigenvalue weighted by Crippen LogP contribution is -2.15. The van der Waals surface area contributed by atoms with Crippen LogP contribution >= 0.6 is 0 Å². The van der Waals surface area contributed by atoms with Crippen molar-refractivity contribution in [1.82, 2.24) is 9.97 Å². The quantitative estimate of drug-likeness (QED) is 0.770. The summed E-state index contributed by atoms with van der Waals surface area (Å²) in [4.78, 5) is 31.5. The molecule has 0 atom stereocenters. The molecule has 19 heavy (non-hydrogen) atoms. The average molecular weight is 260 g/mol. The van der Waals surface area contributed by atoms with Crippen molar-refractivity contribution < 1.29 is 19.1 Å². The summed E-state index contributed by atoms with van der Waals surface area (Å²) in [7, 11) is 2.52. The molecule has 0 N–H and O–H groups in total. The van der Waals surface area contributed by atoms with E-state index in [9.17, 15) is 9.59 Å². The normalized spacial score (nSPS) is 10.2. The van der Waals surface area contributed by atoms with Crippen LogP contribution in [0.3, 0.4) is 0 Å². The number of carbonyl (C=O) groups is 2. The molecule has 0 amide bonds. The second-order valence-corrected chi connectivity index (χ2v) is 3.75. The van der Waals surface area contributed by atoms with Crippen LogP contribution in [0.15, 0.2) is 24.3 Å². The lowest BCUT2D eigenvalue weighted by atomic mass is 10.2. The van der Waals surface area contributed by atoms with Gasteiger partial charge in [0.05, 0.1) is 37.4 Å². The smallest absolute Gasteiger partial charge is 0.358 e. The molecule has 98 valence electrons. The highest BCUT2D eigenvalue weighted by atomic mass is 16.5. The first kappa shape index (κ1) is 12.9. The molecule has 0 aliphatic heterocycles. The van der Waals surface area contributed by atoms with Crippen LogP contribution in [0.5, 0.6) is 0 Å². The van der Waals surface area contributed by atoms with Gasteiger partial charge in [-0.2, -0.15) is 0 Å². The Labute approximate surface area is 109 Å². The number of carbonyl (C=O) groups excluding carboxylic acids is 2. The van der Waals surface area contributed by atoms with E-state index < -0.39 is 11.9 Å². The third-order valence-corrected chi connectivity index (χ3v) is 2.56. The maximum absolute atomic E-state index is 11.7. The van der Waals surface area contributed by atoms with Gasteiger partial charge in [-0.05, 0) is 12.1 Å². The minimum Gasteiger partial charge on any atom is -0.469 e. The fourth-order valence-corrected chi connectivity index (χ4v) is 1.63. The number of hydrogen-bond donors (Lipinski definition) is 0. The molecule has 1 heterocycles. The highest BCUT2D eigenvalue weighted by molar-refractivity contribution is 5.92. The zero-order valence-electron chi connectivity index (χ0n) is 10.5. The number of para-hydroxylation sites is 2. The zero-order chi connectivity index (χ0) is 13.8. The fraction of sp³-hybridized carbons (Fsp3) is 0.231. The van der Waals surface area contributed by atoms with Gasteiger partial charge >= 0.3 is 11.9 Å². The first-order valence-corrected chi connectivity index (χ1v) is 5.56. The average Bonchev–Trinajstić information content (AvgIpc) is 2.45. The van der Waals surface area contributed by atoms with Crippen LogP contribution < -0.4 is 0 Å². The van der Waals surface area contributed by atoms with Gasteiger partial charge in [0.25, 0.3) is 0 Å². The second kappa shape index (κ2) is 5.43.